The van der Waals surface area contributed by atoms with Gasteiger partial charge in [0, 0.05) is 18.2 Å². The fourth-order valence-electron chi connectivity index (χ4n) is 1.22. The van der Waals surface area contributed by atoms with E-state index in [1.165, 1.54) is 13.0 Å². The van der Waals surface area contributed by atoms with Crippen molar-refractivity contribution in [3.63, 3.8) is 0 Å². The molecule has 3 nitrogen and oxygen atoms in total. The molecule has 5 heteroatoms. The first kappa shape index (κ1) is 11.0. The Morgan fingerprint density at radius 3 is 2.64 bits per heavy atom. The molecule has 0 saturated carbocycles. The number of nitrogens with one attached hydrogen (secondary N) is 1. The Kier molecular flexibility index (Phi) is 3.15. The summed E-state index contributed by atoms with van der Waals surface area (Å²) < 4.78 is 25.8. The summed E-state index contributed by atoms with van der Waals surface area (Å²) in [6, 6.07) is 3.01. The Morgan fingerprint density at radius 2 is 2.14 bits per heavy atom. The van der Waals surface area contributed by atoms with Gasteiger partial charge in [-0.2, -0.15) is 0 Å². The number of aliphatic hydroxyl groups is 1. The lowest BCUT2D eigenvalue weighted by molar-refractivity contribution is 0.0534. The Hall–Kier alpha value is -1.04. The van der Waals surface area contributed by atoms with Gasteiger partial charge >= 0.3 is 0 Å². The first-order chi connectivity index (χ1) is 6.47. The molecular weight excluding hydrogens is 190 g/mol. The second kappa shape index (κ2) is 4.00. The Morgan fingerprint density at radius 1 is 1.50 bits per heavy atom. The zero-order valence-electron chi connectivity index (χ0n) is 7.72. The number of halogens is 2. The molecule has 0 aliphatic rings. The molecule has 0 saturated heterocycles. The SMILES string of the molecule is CC(O)(CNN)c1ccc(F)cc1F. The maximum Gasteiger partial charge on any atom is 0.132 e. The Labute approximate surface area is 80.5 Å². The van der Waals surface area contributed by atoms with Crippen LogP contribution in [-0.4, -0.2) is 11.7 Å². The summed E-state index contributed by atoms with van der Waals surface area (Å²) in [4.78, 5) is 0. The largest absolute Gasteiger partial charge is 0.384 e. The van der Waals surface area contributed by atoms with Crippen LogP contribution in [-0.2, 0) is 5.60 Å². The molecule has 1 aromatic rings. The molecule has 0 aromatic heterocycles. The summed E-state index contributed by atoms with van der Waals surface area (Å²) in [6.07, 6.45) is 0. The molecule has 0 aliphatic heterocycles. The van der Waals surface area contributed by atoms with E-state index in [2.05, 4.69) is 5.43 Å². The van der Waals surface area contributed by atoms with Crippen molar-refractivity contribution in [1.82, 2.24) is 5.43 Å². The molecule has 0 amide bonds. The normalized spacial score (nSPS) is 15.2. The minimum atomic E-state index is -1.45. The molecule has 4 N–H and O–H groups in total. The van der Waals surface area contributed by atoms with Gasteiger partial charge < -0.3 is 5.11 Å². The summed E-state index contributed by atoms with van der Waals surface area (Å²) >= 11 is 0. The smallest absolute Gasteiger partial charge is 0.132 e. The minimum absolute atomic E-state index is 0.0110. The van der Waals surface area contributed by atoms with Gasteiger partial charge in [-0.05, 0) is 13.0 Å². The summed E-state index contributed by atoms with van der Waals surface area (Å²) in [6.45, 7) is 1.37. The average Bonchev–Trinajstić information content (AvgIpc) is 2.02. The summed E-state index contributed by atoms with van der Waals surface area (Å²) in [5.41, 5.74) is 0.797. The lowest BCUT2D eigenvalue weighted by Gasteiger charge is -2.23. The highest BCUT2D eigenvalue weighted by Gasteiger charge is 2.25. The van der Waals surface area contributed by atoms with Crippen LogP contribution in [0, 0.1) is 11.6 Å². The van der Waals surface area contributed by atoms with E-state index in [0.29, 0.717) is 0 Å². The van der Waals surface area contributed by atoms with Crippen LogP contribution in [0.3, 0.4) is 0 Å². The molecule has 14 heavy (non-hydrogen) atoms. The van der Waals surface area contributed by atoms with E-state index in [1.807, 2.05) is 0 Å². The van der Waals surface area contributed by atoms with Crippen molar-refractivity contribution in [1.29, 1.82) is 0 Å². The molecule has 0 heterocycles. The summed E-state index contributed by atoms with van der Waals surface area (Å²) in [5, 5.41) is 9.75. The molecule has 1 atom stereocenters. The second-order valence-corrected chi connectivity index (χ2v) is 3.28. The van der Waals surface area contributed by atoms with Crippen LogP contribution in [0.4, 0.5) is 8.78 Å². The average molecular weight is 202 g/mol. The molecule has 1 rings (SSSR count). The quantitative estimate of drug-likeness (QED) is 0.498. The van der Waals surface area contributed by atoms with Gasteiger partial charge in [0.1, 0.15) is 17.2 Å². The first-order valence-corrected chi connectivity index (χ1v) is 4.09. The lowest BCUT2D eigenvalue weighted by Crippen LogP contribution is -2.39. The van der Waals surface area contributed by atoms with E-state index >= 15 is 0 Å². The molecule has 0 radical (unpaired) electrons. The van der Waals surface area contributed by atoms with Crippen molar-refractivity contribution in [2.24, 2.45) is 5.84 Å². The summed E-state index contributed by atoms with van der Waals surface area (Å²) in [7, 11) is 0. The van der Waals surface area contributed by atoms with Gasteiger partial charge in [-0.3, -0.25) is 11.3 Å². The maximum atomic E-state index is 13.2. The zero-order valence-corrected chi connectivity index (χ0v) is 7.72. The number of rotatable bonds is 3. The van der Waals surface area contributed by atoms with Gasteiger partial charge in [0.25, 0.3) is 0 Å². The highest BCUT2D eigenvalue weighted by Crippen LogP contribution is 2.23. The molecule has 0 bridgehead atoms. The number of hydrogen-bond donors (Lipinski definition) is 3. The molecule has 0 aliphatic carbocycles. The van der Waals surface area contributed by atoms with E-state index in [1.54, 1.807) is 0 Å². The predicted octanol–water partition coefficient (Wildman–Crippen LogP) is 0.636. The minimum Gasteiger partial charge on any atom is -0.384 e. The van der Waals surface area contributed by atoms with E-state index in [-0.39, 0.29) is 12.1 Å². The molecular formula is C9H12F2N2O. The number of hydrazine groups is 1. The second-order valence-electron chi connectivity index (χ2n) is 3.28. The van der Waals surface area contributed by atoms with Gasteiger partial charge in [0.2, 0.25) is 0 Å². The van der Waals surface area contributed by atoms with Crippen molar-refractivity contribution < 1.29 is 13.9 Å². The van der Waals surface area contributed by atoms with Crippen LogP contribution in [0.2, 0.25) is 0 Å². The third-order valence-electron chi connectivity index (χ3n) is 1.96. The molecule has 1 unspecified atom stereocenters. The molecule has 0 spiro atoms. The van der Waals surface area contributed by atoms with Gasteiger partial charge in [0.05, 0.1) is 0 Å². The van der Waals surface area contributed by atoms with Gasteiger partial charge in [0.15, 0.2) is 0 Å². The fraction of sp³-hybridized carbons (Fsp3) is 0.333. The van der Waals surface area contributed by atoms with Gasteiger partial charge in [-0.15, -0.1) is 0 Å². The van der Waals surface area contributed by atoms with E-state index in [9.17, 15) is 13.9 Å². The van der Waals surface area contributed by atoms with E-state index < -0.39 is 17.2 Å². The molecule has 0 fully saturated rings. The topological polar surface area (TPSA) is 58.3 Å². The van der Waals surface area contributed by atoms with Gasteiger partial charge in [-0.1, -0.05) is 6.07 Å². The molecule has 78 valence electrons. The fourth-order valence-corrected chi connectivity index (χ4v) is 1.22. The monoisotopic (exact) mass is 202 g/mol. The Balaban J connectivity index is 3.06. The van der Waals surface area contributed by atoms with Crippen molar-refractivity contribution in [2.75, 3.05) is 6.54 Å². The number of benzene rings is 1. The van der Waals surface area contributed by atoms with Gasteiger partial charge in [-0.25, -0.2) is 8.78 Å². The Bertz CT molecular complexity index is 329. The van der Waals surface area contributed by atoms with Crippen LogP contribution in [0.5, 0.6) is 0 Å². The lowest BCUT2D eigenvalue weighted by atomic mass is 9.95. The highest BCUT2D eigenvalue weighted by molar-refractivity contribution is 5.24. The van der Waals surface area contributed by atoms with Crippen LogP contribution < -0.4 is 11.3 Å². The van der Waals surface area contributed by atoms with Crippen molar-refractivity contribution in [3.8, 4) is 0 Å². The van der Waals surface area contributed by atoms with Crippen LogP contribution in [0.25, 0.3) is 0 Å². The first-order valence-electron chi connectivity index (χ1n) is 4.09. The number of hydrogen-bond acceptors (Lipinski definition) is 3. The van der Waals surface area contributed by atoms with E-state index in [0.717, 1.165) is 12.1 Å². The van der Waals surface area contributed by atoms with Crippen LogP contribution in [0.15, 0.2) is 18.2 Å². The van der Waals surface area contributed by atoms with Crippen LogP contribution >= 0.6 is 0 Å². The maximum absolute atomic E-state index is 13.2. The standard InChI is InChI=1S/C9H12F2N2O/c1-9(14,5-13-12)7-3-2-6(10)4-8(7)11/h2-4,13-14H,5,12H2,1H3. The number of nitrogens with two attached hydrogens (primary N) is 1. The van der Waals surface area contributed by atoms with Crippen molar-refractivity contribution >= 4 is 0 Å². The van der Waals surface area contributed by atoms with Crippen molar-refractivity contribution in [2.45, 2.75) is 12.5 Å². The third-order valence-corrected chi connectivity index (χ3v) is 1.96. The van der Waals surface area contributed by atoms with E-state index in [4.69, 9.17) is 5.84 Å². The zero-order chi connectivity index (χ0) is 10.8. The van der Waals surface area contributed by atoms with Crippen LogP contribution in [0.1, 0.15) is 12.5 Å². The molecule has 1 aromatic carbocycles. The summed E-state index contributed by atoms with van der Waals surface area (Å²) in [5.74, 6) is 3.56. The highest BCUT2D eigenvalue weighted by atomic mass is 19.1. The third kappa shape index (κ3) is 2.25. The predicted molar refractivity (Wildman–Crippen MR) is 48.1 cm³/mol. The van der Waals surface area contributed by atoms with Crippen molar-refractivity contribution in [3.05, 3.63) is 35.4 Å².